The average molecular weight is 299 g/mol. The zero-order valence-electron chi connectivity index (χ0n) is 13.1. The van der Waals surface area contributed by atoms with Gasteiger partial charge in [-0.1, -0.05) is 51.9 Å². The second-order valence-corrected chi connectivity index (χ2v) is 7.99. The summed E-state index contributed by atoms with van der Waals surface area (Å²) < 4.78 is 6.67. The molecule has 0 aromatic heterocycles. The molecule has 3 fully saturated rings. The molecule has 4 atom stereocenters. The van der Waals surface area contributed by atoms with Gasteiger partial charge in [0.25, 0.3) is 0 Å². The highest BCUT2D eigenvalue weighted by Crippen LogP contribution is 2.55. The van der Waals surface area contributed by atoms with Crippen molar-refractivity contribution in [3.05, 3.63) is 0 Å². The standard InChI is InChI=1S/C18H31ClO/c1-2-14-9-5-6-10-15(14)20-17-13-16(19)18(17)11-7-3-4-8-12-18/h14-17H,2-13H2,1H3. The van der Waals surface area contributed by atoms with E-state index in [0.717, 1.165) is 12.3 Å². The third-order valence-corrected chi connectivity index (χ3v) is 7.04. The molecule has 0 radical (unpaired) electrons. The summed E-state index contributed by atoms with van der Waals surface area (Å²) in [6, 6.07) is 0. The van der Waals surface area contributed by atoms with Gasteiger partial charge in [-0.15, -0.1) is 11.6 Å². The molecule has 4 unspecified atom stereocenters. The minimum absolute atomic E-state index is 0.341. The monoisotopic (exact) mass is 298 g/mol. The molecule has 0 heterocycles. The Balaban J connectivity index is 1.64. The highest BCUT2D eigenvalue weighted by Gasteiger charge is 2.55. The fourth-order valence-corrected chi connectivity index (χ4v) is 5.46. The zero-order chi connectivity index (χ0) is 14.0. The third kappa shape index (κ3) is 2.77. The third-order valence-electron chi connectivity index (χ3n) is 6.42. The lowest BCUT2D eigenvalue weighted by Gasteiger charge is -2.55. The van der Waals surface area contributed by atoms with E-state index in [9.17, 15) is 0 Å². The molecule has 3 saturated carbocycles. The van der Waals surface area contributed by atoms with Gasteiger partial charge in [-0.25, -0.2) is 0 Å². The van der Waals surface area contributed by atoms with Crippen LogP contribution < -0.4 is 0 Å². The normalized spacial score (nSPS) is 41.1. The molecule has 0 aromatic rings. The Kier molecular flexibility index (Phi) is 4.98. The first-order valence-electron chi connectivity index (χ1n) is 9.06. The molecule has 0 N–H and O–H groups in total. The van der Waals surface area contributed by atoms with Crippen molar-refractivity contribution in [2.45, 2.75) is 102 Å². The molecule has 2 heteroatoms. The Morgan fingerprint density at radius 2 is 1.70 bits per heavy atom. The van der Waals surface area contributed by atoms with Crippen LogP contribution in [0.5, 0.6) is 0 Å². The fraction of sp³-hybridized carbons (Fsp3) is 1.00. The van der Waals surface area contributed by atoms with Crippen LogP contribution in [0.1, 0.15) is 84.0 Å². The van der Waals surface area contributed by atoms with Crippen molar-refractivity contribution in [1.29, 1.82) is 0 Å². The van der Waals surface area contributed by atoms with Crippen molar-refractivity contribution in [2.24, 2.45) is 11.3 Å². The molecule has 0 amide bonds. The van der Waals surface area contributed by atoms with E-state index in [4.69, 9.17) is 16.3 Å². The Labute approximate surface area is 129 Å². The van der Waals surface area contributed by atoms with Crippen LogP contribution in [0.15, 0.2) is 0 Å². The van der Waals surface area contributed by atoms with E-state index in [-0.39, 0.29) is 0 Å². The van der Waals surface area contributed by atoms with E-state index >= 15 is 0 Å². The zero-order valence-corrected chi connectivity index (χ0v) is 13.8. The Bertz CT molecular complexity index is 309. The highest BCUT2D eigenvalue weighted by molar-refractivity contribution is 6.21. The van der Waals surface area contributed by atoms with Gasteiger partial charge in [-0.3, -0.25) is 0 Å². The lowest BCUT2D eigenvalue weighted by Crippen LogP contribution is -2.57. The van der Waals surface area contributed by atoms with Gasteiger partial charge >= 0.3 is 0 Å². The first-order chi connectivity index (χ1) is 9.76. The number of hydrogen-bond acceptors (Lipinski definition) is 1. The second-order valence-electron chi connectivity index (χ2n) is 7.47. The summed E-state index contributed by atoms with van der Waals surface area (Å²) in [5.74, 6) is 0.806. The van der Waals surface area contributed by atoms with Crippen molar-refractivity contribution in [1.82, 2.24) is 0 Å². The largest absolute Gasteiger partial charge is 0.374 e. The summed E-state index contributed by atoms with van der Waals surface area (Å²) in [6.07, 6.45) is 17.0. The fourth-order valence-electron chi connectivity index (χ4n) is 4.94. The van der Waals surface area contributed by atoms with E-state index in [1.807, 2.05) is 0 Å². The van der Waals surface area contributed by atoms with Gasteiger partial charge < -0.3 is 4.74 Å². The van der Waals surface area contributed by atoms with Crippen molar-refractivity contribution in [3.63, 3.8) is 0 Å². The van der Waals surface area contributed by atoms with Crippen LogP contribution in [0, 0.1) is 11.3 Å². The van der Waals surface area contributed by atoms with Gasteiger partial charge in [0.1, 0.15) is 0 Å². The molecule has 3 rings (SSSR count). The second kappa shape index (κ2) is 6.57. The van der Waals surface area contributed by atoms with Gasteiger partial charge in [0.15, 0.2) is 0 Å². The van der Waals surface area contributed by atoms with Crippen molar-refractivity contribution in [3.8, 4) is 0 Å². The minimum atomic E-state index is 0.341. The first-order valence-corrected chi connectivity index (χ1v) is 9.49. The van der Waals surface area contributed by atoms with Gasteiger partial charge in [0.2, 0.25) is 0 Å². The molecular formula is C18H31ClO. The Morgan fingerprint density at radius 1 is 1.00 bits per heavy atom. The molecule has 0 bridgehead atoms. The van der Waals surface area contributed by atoms with Crippen molar-refractivity contribution in [2.75, 3.05) is 0 Å². The molecule has 3 aliphatic rings. The quantitative estimate of drug-likeness (QED) is 0.608. The maximum atomic E-state index is 6.67. The Morgan fingerprint density at radius 3 is 2.35 bits per heavy atom. The van der Waals surface area contributed by atoms with Crippen molar-refractivity contribution < 1.29 is 4.74 Å². The maximum absolute atomic E-state index is 6.67. The van der Waals surface area contributed by atoms with Crippen LogP contribution >= 0.6 is 11.6 Å². The summed E-state index contributed by atoms with van der Waals surface area (Å²) in [5.41, 5.74) is 0.341. The van der Waals surface area contributed by atoms with Gasteiger partial charge in [-0.05, 0) is 38.0 Å². The van der Waals surface area contributed by atoms with Crippen LogP contribution in [0.3, 0.4) is 0 Å². The van der Waals surface area contributed by atoms with E-state index in [1.54, 1.807) is 0 Å². The summed E-state index contributed by atoms with van der Waals surface area (Å²) in [7, 11) is 0. The predicted octanol–water partition coefficient (Wildman–Crippen LogP) is 5.69. The number of hydrogen-bond donors (Lipinski definition) is 0. The smallest absolute Gasteiger partial charge is 0.0663 e. The van der Waals surface area contributed by atoms with Gasteiger partial charge in [0.05, 0.1) is 12.2 Å². The van der Waals surface area contributed by atoms with Crippen LogP contribution in [-0.4, -0.2) is 17.6 Å². The lowest BCUT2D eigenvalue weighted by molar-refractivity contribution is -0.165. The van der Waals surface area contributed by atoms with Crippen LogP contribution in [-0.2, 0) is 4.74 Å². The summed E-state index contributed by atoms with van der Waals surface area (Å²) in [4.78, 5) is 0. The number of alkyl halides is 1. The molecule has 0 saturated heterocycles. The topological polar surface area (TPSA) is 9.23 Å². The summed E-state index contributed by atoms with van der Waals surface area (Å²) in [5, 5.41) is 0.384. The molecule has 0 aliphatic heterocycles. The lowest BCUT2D eigenvalue weighted by atomic mass is 9.61. The SMILES string of the molecule is CCC1CCCCC1OC1CC(Cl)C12CCCCCC2. The first kappa shape index (κ1) is 15.2. The number of halogens is 1. The van der Waals surface area contributed by atoms with E-state index in [1.165, 1.54) is 70.6 Å². The highest BCUT2D eigenvalue weighted by atomic mass is 35.5. The van der Waals surface area contributed by atoms with Crippen molar-refractivity contribution >= 4 is 11.6 Å². The average Bonchev–Trinajstić information content (AvgIpc) is 2.75. The summed E-state index contributed by atoms with van der Waals surface area (Å²) >= 11 is 6.66. The van der Waals surface area contributed by atoms with E-state index in [2.05, 4.69) is 6.92 Å². The minimum Gasteiger partial charge on any atom is -0.374 e. The van der Waals surface area contributed by atoms with Gasteiger partial charge in [-0.2, -0.15) is 0 Å². The molecular weight excluding hydrogens is 268 g/mol. The number of rotatable bonds is 3. The van der Waals surface area contributed by atoms with Crippen LogP contribution in [0.4, 0.5) is 0 Å². The molecule has 116 valence electrons. The van der Waals surface area contributed by atoms with Gasteiger partial charge in [0, 0.05) is 10.8 Å². The summed E-state index contributed by atoms with van der Waals surface area (Å²) in [6.45, 7) is 2.33. The Hall–Kier alpha value is 0.250. The molecule has 0 aromatic carbocycles. The maximum Gasteiger partial charge on any atom is 0.0663 e. The van der Waals surface area contributed by atoms with Crippen LogP contribution in [0.25, 0.3) is 0 Å². The predicted molar refractivity (Wildman–Crippen MR) is 85.3 cm³/mol. The molecule has 1 nitrogen and oxygen atoms in total. The van der Waals surface area contributed by atoms with Crippen LogP contribution in [0.2, 0.25) is 0 Å². The molecule has 1 spiro atoms. The molecule has 3 aliphatic carbocycles. The van der Waals surface area contributed by atoms with E-state index < -0.39 is 0 Å². The molecule has 20 heavy (non-hydrogen) atoms. The van der Waals surface area contributed by atoms with E-state index in [0.29, 0.717) is 23.0 Å². The number of ether oxygens (including phenoxy) is 1.